The zero-order chi connectivity index (χ0) is 20.0. The summed E-state index contributed by atoms with van der Waals surface area (Å²) in [7, 11) is 0. The van der Waals surface area contributed by atoms with Crippen molar-refractivity contribution in [2.75, 3.05) is 19.6 Å². The molecule has 148 valence electrons. The number of piperidine rings is 1. The van der Waals surface area contributed by atoms with Crippen LogP contribution < -0.4 is 10.6 Å². The van der Waals surface area contributed by atoms with E-state index in [-0.39, 0.29) is 24.4 Å². The third-order valence-electron chi connectivity index (χ3n) is 4.36. The molecule has 0 radical (unpaired) electrons. The number of hydrogen-bond donors (Lipinski definition) is 2. The Hall–Kier alpha value is -2.57. The summed E-state index contributed by atoms with van der Waals surface area (Å²) in [5.41, 5.74) is 1.02. The highest BCUT2D eigenvalue weighted by Gasteiger charge is 2.25. The fourth-order valence-electron chi connectivity index (χ4n) is 2.94. The lowest BCUT2D eigenvalue weighted by Gasteiger charge is -2.32. The quantitative estimate of drug-likeness (QED) is 0.845. The molecule has 0 atom stereocenters. The van der Waals surface area contributed by atoms with Crippen LogP contribution in [0.15, 0.2) is 24.3 Å². The monoisotopic (exact) mass is 375 g/mol. The number of rotatable bonds is 4. The van der Waals surface area contributed by atoms with Crippen molar-refractivity contribution in [3.8, 4) is 0 Å². The fourth-order valence-corrected chi connectivity index (χ4v) is 2.94. The van der Waals surface area contributed by atoms with E-state index in [4.69, 9.17) is 4.74 Å². The molecule has 3 amide bonds. The summed E-state index contributed by atoms with van der Waals surface area (Å²) >= 11 is 0. The first kappa shape index (κ1) is 20.7. The van der Waals surface area contributed by atoms with Gasteiger partial charge in [-0.1, -0.05) is 18.2 Å². The first-order chi connectivity index (χ1) is 12.7. The summed E-state index contributed by atoms with van der Waals surface area (Å²) in [4.78, 5) is 38.0. The van der Waals surface area contributed by atoms with Crippen LogP contribution in [0.5, 0.6) is 0 Å². The SMILES string of the molecule is Cc1ccccc1C(=O)NC1CCN(C(=O)CNC(=O)OC(C)(C)C)CC1. The van der Waals surface area contributed by atoms with Crippen molar-refractivity contribution in [1.82, 2.24) is 15.5 Å². The average molecular weight is 375 g/mol. The summed E-state index contributed by atoms with van der Waals surface area (Å²) in [6.45, 7) is 8.23. The summed E-state index contributed by atoms with van der Waals surface area (Å²) in [5.74, 6) is -0.228. The van der Waals surface area contributed by atoms with Crippen molar-refractivity contribution in [3.63, 3.8) is 0 Å². The molecule has 7 nitrogen and oxygen atoms in total. The van der Waals surface area contributed by atoms with Crippen molar-refractivity contribution in [2.24, 2.45) is 0 Å². The highest BCUT2D eigenvalue weighted by molar-refractivity contribution is 5.95. The van der Waals surface area contributed by atoms with Crippen molar-refractivity contribution in [1.29, 1.82) is 0 Å². The minimum Gasteiger partial charge on any atom is -0.444 e. The van der Waals surface area contributed by atoms with E-state index in [0.29, 0.717) is 31.5 Å². The lowest BCUT2D eigenvalue weighted by molar-refractivity contribution is -0.131. The number of nitrogens with one attached hydrogen (secondary N) is 2. The maximum atomic E-state index is 12.4. The van der Waals surface area contributed by atoms with Crippen molar-refractivity contribution in [3.05, 3.63) is 35.4 Å². The molecule has 1 aromatic carbocycles. The smallest absolute Gasteiger partial charge is 0.408 e. The molecular formula is C20H29N3O4. The average Bonchev–Trinajstić information content (AvgIpc) is 2.59. The maximum Gasteiger partial charge on any atom is 0.408 e. The first-order valence-corrected chi connectivity index (χ1v) is 9.27. The van der Waals surface area contributed by atoms with Gasteiger partial charge in [-0.2, -0.15) is 0 Å². The Balaban J connectivity index is 1.75. The third kappa shape index (κ3) is 6.58. The van der Waals surface area contributed by atoms with Gasteiger partial charge in [-0.25, -0.2) is 4.79 Å². The lowest BCUT2D eigenvalue weighted by Crippen LogP contribution is -2.49. The van der Waals surface area contributed by atoms with Crippen LogP contribution in [0, 0.1) is 6.92 Å². The molecule has 1 aliphatic rings. The molecular weight excluding hydrogens is 346 g/mol. The molecule has 0 saturated carbocycles. The normalized spacial score (nSPS) is 15.2. The standard InChI is InChI=1S/C20H29N3O4/c1-14-7-5-6-8-16(14)18(25)22-15-9-11-23(12-10-15)17(24)13-21-19(26)27-20(2,3)4/h5-8,15H,9-13H2,1-4H3,(H,21,26)(H,22,25). The van der Waals surface area contributed by atoms with Crippen LogP contribution in [0.2, 0.25) is 0 Å². The van der Waals surface area contributed by atoms with Crippen molar-refractivity contribution >= 4 is 17.9 Å². The molecule has 0 unspecified atom stereocenters. The topological polar surface area (TPSA) is 87.7 Å². The van der Waals surface area contributed by atoms with Crippen LogP contribution in [0.4, 0.5) is 4.79 Å². The molecule has 27 heavy (non-hydrogen) atoms. The highest BCUT2D eigenvalue weighted by Crippen LogP contribution is 2.13. The van der Waals surface area contributed by atoms with Crippen LogP contribution in [0.3, 0.4) is 0 Å². The predicted octanol–water partition coefficient (Wildman–Crippen LogP) is 2.24. The number of hydrogen-bond acceptors (Lipinski definition) is 4. The minimum absolute atomic E-state index is 0.0416. The van der Waals surface area contributed by atoms with Crippen molar-refractivity contribution < 1.29 is 19.1 Å². The number of amides is 3. The van der Waals surface area contributed by atoms with E-state index in [1.54, 1.807) is 25.7 Å². The van der Waals surface area contributed by atoms with Gasteiger partial charge in [-0.15, -0.1) is 0 Å². The fraction of sp³-hybridized carbons (Fsp3) is 0.550. The van der Waals surface area contributed by atoms with E-state index in [9.17, 15) is 14.4 Å². The Bertz CT molecular complexity index is 689. The molecule has 2 N–H and O–H groups in total. The van der Waals surface area contributed by atoms with Crippen LogP contribution in [0.25, 0.3) is 0 Å². The van der Waals surface area contributed by atoms with Gasteiger partial charge in [-0.3, -0.25) is 9.59 Å². The molecule has 7 heteroatoms. The molecule has 1 aliphatic heterocycles. The molecule has 1 saturated heterocycles. The number of aryl methyl sites for hydroxylation is 1. The van der Waals surface area contributed by atoms with Gasteiger partial charge in [0.2, 0.25) is 5.91 Å². The Morgan fingerprint density at radius 1 is 1.15 bits per heavy atom. The van der Waals surface area contributed by atoms with Gasteiger partial charge in [0.15, 0.2) is 0 Å². The number of nitrogens with zero attached hydrogens (tertiary/aromatic N) is 1. The minimum atomic E-state index is -0.601. The molecule has 1 fully saturated rings. The highest BCUT2D eigenvalue weighted by atomic mass is 16.6. The number of carbonyl (C=O) groups excluding carboxylic acids is 3. The number of benzene rings is 1. The Labute approximate surface area is 160 Å². The first-order valence-electron chi connectivity index (χ1n) is 9.27. The molecule has 0 aromatic heterocycles. The van der Waals surface area contributed by atoms with Gasteiger partial charge in [0.25, 0.3) is 5.91 Å². The third-order valence-corrected chi connectivity index (χ3v) is 4.36. The number of alkyl carbamates (subject to hydrolysis) is 1. The lowest BCUT2D eigenvalue weighted by atomic mass is 10.0. The molecule has 0 aliphatic carbocycles. The summed E-state index contributed by atoms with van der Waals surface area (Å²) in [5, 5.41) is 5.53. The number of ether oxygens (including phenoxy) is 1. The van der Waals surface area contributed by atoms with E-state index in [2.05, 4.69) is 10.6 Å². The van der Waals surface area contributed by atoms with Gasteiger partial charge < -0.3 is 20.3 Å². The van der Waals surface area contributed by atoms with E-state index in [1.165, 1.54) is 0 Å². The Morgan fingerprint density at radius 2 is 1.78 bits per heavy atom. The van der Waals surface area contributed by atoms with E-state index < -0.39 is 11.7 Å². The Kier molecular flexibility index (Phi) is 6.82. The molecule has 0 bridgehead atoms. The second-order valence-electron chi connectivity index (χ2n) is 7.80. The maximum absolute atomic E-state index is 12.4. The van der Waals surface area contributed by atoms with Gasteiger partial charge in [0.05, 0.1) is 0 Å². The zero-order valence-corrected chi connectivity index (χ0v) is 16.5. The van der Waals surface area contributed by atoms with Crippen LogP contribution in [-0.2, 0) is 9.53 Å². The van der Waals surface area contributed by atoms with Gasteiger partial charge in [-0.05, 0) is 52.2 Å². The van der Waals surface area contributed by atoms with E-state index >= 15 is 0 Å². The largest absolute Gasteiger partial charge is 0.444 e. The number of likely N-dealkylation sites (tertiary alicyclic amines) is 1. The predicted molar refractivity (Wildman–Crippen MR) is 102 cm³/mol. The Morgan fingerprint density at radius 3 is 2.37 bits per heavy atom. The van der Waals surface area contributed by atoms with E-state index in [1.807, 2.05) is 31.2 Å². The van der Waals surface area contributed by atoms with Gasteiger partial charge in [0, 0.05) is 24.7 Å². The molecule has 1 heterocycles. The van der Waals surface area contributed by atoms with Gasteiger partial charge >= 0.3 is 6.09 Å². The molecule has 2 rings (SSSR count). The molecule has 1 aromatic rings. The summed E-state index contributed by atoms with van der Waals surface area (Å²) in [6, 6.07) is 7.52. The van der Waals surface area contributed by atoms with Gasteiger partial charge in [0.1, 0.15) is 12.1 Å². The van der Waals surface area contributed by atoms with Crippen LogP contribution in [-0.4, -0.2) is 54.1 Å². The number of carbonyl (C=O) groups is 3. The summed E-state index contributed by atoms with van der Waals surface area (Å²) < 4.78 is 5.12. The zero-order valence-electron chi connectivity index (χ0n) is 16.5. The van der Waals surface area contributed by atoms with Crippen LogP contribution >= 0.6 is 0 Å². The van der Waals surface area contributed by atoms with Crippen molar-refractivity contribution in [2.45, 2.75) is 52.2 Å². The summed E-state index contributed by atoms with van der Waals surface area (Å²) in [6.07, 6.45) is 0.780. The second kappa shape index (κ2) is 8.88. The van der Waals surface area contributed by atoms with E-state index in [0.717, 1.165) is 5.56 Å². The van der Waals surface area contributed by atoms with Crippen LogP contribution in [0.1, 0.15) is 49.5 Å². The molecule has 0 spiro atoms. The second-order valence-corrected chi connectivity index (χ2v) is 7.80.